The number of amides is 2. The van der Waals surface area contributed by atoms with Crippen molar-refractivity contribution in [2.24, 2.45) is 5.92 Å². The molecule has 0 spiro atoms. The van der Waals surface area contributed by atoms with E-state index >= 15 is 0 Å². The molecule has 1 aliphatic rings. The monoisotopic (exact) mass is 358 g/mol. The molecule has 6 nitrogen and oxygen atoms in total. The van der Waals surface area contributed by atoms with E-state index in [1.807, 2.05) is 6.92 Å². The van der Waals surface area contributed by atoms with E-state index in [0.29, 0.717) is 6.54 Å². The van der Waals surface area contributed by atoms with Crippen LogP contribution in [-0.4, -0.2) is 32.5 Å². The summed E-state index contributed by atoms with van der Waals surface area (Å²) in [4.78, 5) is 24.1. The number of halogens is 1. The van der Waals surface area contributed by atoms with E-state index in [2.05, 4.69) is 5.32 Å². The summed E-state index contributed by atoms with van der Waals surface area (Å²) in [5, 5.41) is 2.85. The van der Waals surface area contributed by atoms with Crippen LogP contribution in [0.4, 0.5) is 5.69 Å². The molecular weight excluding hydrogens is 340 g/mol. The number of hydrogen-bond donors (Lipinski definition) is 1. The van der Waals surface area contributed by atoms with Crippen molar-refractivity contribution in [3.63, 3.8) is 0 Å². The van der Waals surface area contributed by atoms with Gasteiger partial charge in [0.05, 0.1) is 27.9 Å². The van der Waals surface area contributed by atoms with Gasteiger partial charge >= 0.3 is 0 Å². The Bertz CT molecular complexity index is 733. The molecule has 8 heteroatoms. The number of sulfonamides is 1. The number of unbranched alkanes of at least 4 members (excludes halogenated alkanes) is 1. The summed E-state index contributed by atoms with van der Waals surface area (Å²) >= 11 is 6.10. The van der Waals surface area contributed by atoms with Gasteiger partial charge < -0.3 is 5.32 Å². The molecule has 1 atom stereocenters. The van der Waals surface area contributed by atoms with Crippen LogP contribution in [0.15, 0.2) is 18.2 Å². The maximum atomic E-state index is 12.1. The van der Waals surface area contributed by atoms with Gasteiger partial charge in [0.2, 0.25) is 15.9 Å². The number of benzene rings is 1. The maximum absolute atomic E-state index is 12.1. The van der Waals surface area contributed by atoms with Gasteiger partial charge in [-0.25, -0.2) is 12.7 Å². The first-order chi connectivity index (χ1) is 10.8. The number of anilines is 1. The second kappa shape index (κ2) is 6.88. The Hall–Kier alpha value is -1.60. The summed E-state index contributed by atoms with van der Waals surface area (Å²) in [5.74, 6) is -1.61. The Morgan fingerprint density at radius 2 is 2.13 bits per heavy atom. The topological polar surface area (TPSA) is 83.6 Å². The van der Waals surface area contributed by atoms with Crippen molar-refractivity contribution in [1.82, 2.24) is 5.32 Å². The van der Waals surface area contributed by atoms with Crippen LogP contribution >= 0.6 is 11.6 Å². The predicted molar refractivity (Wildman–Crippen MR) is 89.1 cm³/mol. The van der Waals surface area contributed by atoms with Crippen LogP contribution in [0.1, 0.15) is 37.0 Å². The summed E-state index contributed by atoms with van der Waals surface area (Å²) in [6.45, 7) is 4.13. The Balaban J connectivity index is 2.26. The van der Waals surface area contributed by atoms with Crippen molar-refractivity contribution in [3.8, 4) is 0 Å². The highest BCUT2D eigenvalue weighted by Crippen LogP contribution is 2.31. The molecule has 0 saturated carbocycles. The van der Waals surface area contributed by atoms with Gasteiger partial charge in [0.25, 0.3) is 5.91 Å². The molecule has 0 aliphatic carbocycles. The molecule has 0 aromatic heterocycles. The average Bonchev–Trinajstić information content (AvgIpc) is 2.67. The van der Waals surface area contributed by atoms with Crippen molar-refractivity contribution >= 4 is 39.1 Å². The minimum absolute atomic E-state index is 0.110. The first-order valence-electron chi connectivity index (χ1n) is 7.42. The molecule has 1 aromatic carbocycles. The Morgan fingerprint density at radius 1 is 1.43 bits per heavy atom. The Morgan fingerprint density at radius 3 is 2.65 bits per heavy atom. The van der Waals surface area contributed by atoms with Gasteiger partial charge in [-0.2, -0.15) is 0 Å². The molecule has 1 fully saturated rings. The van der Waals surface area contributed by atoms with Gasteiger partial charge in [-0.05, 0) is 24.6 Å². The number of carbonyl (C=O) groups is 2. The Labute approximate surface area is 140 Å². The predicted octanol–water partition coefficient (Wildman–Crippen LogP) is 2.18. The number of carbonyl (C=O) groups excluding carboxylic acids is 2. The van der Waals surface area contributed by atoms with Crippen LogP contribution in [0.2, 0.25) is 5.02 Å². The SMILES string of the molecule is CCCCNC(=O)c1ccc(N2C(=O)C(C)CS2(=O)=O)cc1Cl. The minimum atomic E-state index is -3.68. The van der Waals surface area contributed by atoms with Gasteiger partial charge in [-0.3, -0.25) is 9.59 Å². The normalized spacial score (nSPS) is 19.9. The zero-order chi connectivity index (χ0) is 17.2. The first kappa shape index (κ1) is 17.7. The summed E-state index contributed by atoms with van der Waals surface area (Å²) < 4.78 is 24.9. The molecule has 1 N–H and O–H groups in total. The molecule has 0 radical (unpaired) electrons. The fourth-order valence-corrected chi connectivity index (χ4v) is 4.45. The highest BCUT2D eigenvalue weighted by Gasteiger charge is 2.42. The van der Waals surface area contributed by atoms with E-state index in [1.165, 1.54) is 18.2 Å². The van der Waals surface area contributed by atoms with Crippen LogP contribution < -0.4 is 9.62 Å². The van der Waals surface area contributed by atoms with Crippen molar-refractivity contribution < 1.29 is 18.0 Å². The summed E-state index contributed by atoms with van der Waals surface area (Å²) in [7, 11) is -3.68. The van der Waals surface area contributed by atoms with Crippen LogP contribution in [0, 0.1) is 5.92 Å². The molecule has 1 unspecified atom stereocenters. The molecule has 23 heavy (non-hydrogen) atoms. The van der Waals surface area contributed by atoms with E-state index < -0.39 is 21.8 Å². The molecule has 1 heterocycles. The standard InChI is InChI=1S/C15H19ClN2O4S/c1-3-4-7-17-14(19)12-6-5-11(8-13(12)16)18-15(20)10(2)9-23(18,21)22/h5-6,8,10H,3-4,7,9H2,1-2H3,(H,17,19). The van der Waals surface area contributed by atoms with E-state index in [4.69, 9.17) is 11.6 Å². The summed E-state index contributed by atoms with van der Waals surface area (Å²) in [6.07, 6.45) is 1.82. The van der Waals surface area contributed by atoms with Crippen LogP contribution in [0.3, 0.4) is 0 Å². The van der Waals surface area contributed by atoms with E-state index in [-0.39, 0.29) is 27.9 Å². The number of hydrogen-bond acceptors (Lipinski definition) is 4. The minimum Gasteiger partial charge on any atom is -0.352 e. The third-order valence-corrected chi connectivity index (χ3v) is 5.79. The summed E-state index contributed by atoms with van der Waals surface area (Å²) in [5.41, 5.74) is 0.415. The molecule has 126 valence electrons. The smallest absolute Gasteiger partial charge is 0.252 e. The van der Waals surface area contributed by atoms with Gasteiger partial charge in [-0.15, -0.1) is 0 Å². The lowest BCUT2D eigenvalue weighted by Gasteiger charge is -2.16. The number of rotatable bonds is 5. The van der Waals surface area contributed by atoms with Crippen molar-refractivity contribution in [1.29, 1.82) is 0 Å². The Kier molecular flexibility index (Phi) is 5.31. The second-order valence-corrected chi connectivity index (χ2v) is 7.83. The molecule has 1 saturated heterocycles. The first-order valence-corrected chi connectivity index (χ1v) is 9.41. The fourth-order valence-electron chi connectivity index (χ4n) is 2.38. The molecular formula is C15H19ClN2O4S. The van der Waals surface area contributed by atoms with E-state index in [1.54, 1.807) is 6.92 Å². The summed E-state index contributed by atoms with van der Waals surface area (Å²) in [6, 6.07) is 4.20. The van der Waals surface area contributed by atoms with Crippen LogP contribution in [0.25, 0.3) is 0 Å². The third kappa shape index (κ3) is 3.67. The quantitative estimate of drug-likeness (QED) is 0.818. The largest absolute Gasteiger partial charge is 0.352 e. The van der Waals surface area contributed by atoms with Gasteiger partial charge in [-0.1, -0.05) is 31.9 Å². The van der Waals surface area contributed by atoms with E-state index in [0.717, 1.165) is 17.1 Å². The van der Waals surface area contributed by atoms with Crippen molar-refractivity contribution in [3.05, 3.63) is 28.8 Å². The van der Waals surface area contributed by atoms with Gasteiger partial charge in [0, 0.05) is 6.54 Å². The van der Waals surface area contributed by atoms with Gasteiger partial charge in [0.1, 0.15) is 0 Å². The molecule has 2 amide bonds. The molecule has 1 aliphatic heterocycles. The lowest BCUT2D eigenvalue weighted by Crippen LogP contribution is -2.30. The van der Waals surface area contributed by atoms with Crippen LogP contribution in [0.5, 0.6) is 0 Å². The molecule has 0 bridgehead atoms. The average molecular weight is 359 g/mol. The number of nitrogens with one attached hydrogen (secondary N) is 1. The molecule has 2 rings (SSSR count). The highest BCUT2D eigenvalue weighted by atomic mass is 35.5. The van der Waals surface area contributed by atoms with Crippen molar-refractivity contribution in [2.75, 3.05) is 16.6 Å². The van der Waals surface area contributed by atoms with Gasteiger partial charge in [0.15, 0.2) is 0 Å². The lowest BCUT2D eigenvalue weighted by molar-refractivity contribution is -0.119. The highest BCUT2D eigenvalue weighted by molar-refractivity contribution is 7.94. The molecule has 1 aromatic rings. The zero-order valence-electron chi connectivity index (χ0n) is 13.0. The second-order valence-electron chi connectivity index (χ2n) is 5.56. The van der Waals surface area contributed by atoms with Crippen LogP contribution in [-0.2, 0) is 14.8 Å². The lowest BCUT2D eigenvalue weighted by atomic mass is 10.1. The maximum Gasteiger partial charge on any atom is 0.252 e. The zero-order valence-corrected chi connectivity index (χ0v) is 14.6. The fraction of sp³-hybridized carbons (Fsp3) is 0.467. The third-order valence-electron chi connectivity index (χ3n) is 3.61. The number of nitrogens with zero attached hydrogens (tertiary/aromatic N) is 1. The van der Waals surface area contributed by atoms with Crippen molar-refractivity contribution in [2.45, 2.75) is 26.7 Å². The van der Waals surface area contributed by atoms with E-state index in [9.17, 15) is 18.0 Å².